The van der Waals surface area contributed by atoms with Gasteiger partial charge in [-0.25, -0.2) is 4.79 Å². The zero-order valence-electron chi connectivity index (χ0n) is 12.5. The van der Waals surface area contributed by atoms with Crippen LogP contribution in [0.15, 0.2) is 12.3 Å². The molecule has 1 atom stereocenters. The van der Waals surface area contributed by atoms with Crippen LogP contribution in [0.4, 0.5) is 4.79 Å². The molecule has 1 unspecified atom stereocenters. The van der Waals surface area contributed by atoms with Crippen LogP contribution in [0.5, 0.6) is 0 Å². The van der Waals surface area contributed by atoms with Crippen LogP contribution in [-0.2, 0) is 0 Å². The van der Waals surface area contributed by atoms with Crippen molar-refractivity contribution in [2.24, 2.45) is 0 Å². The minimum Gasteiger partial charge on any atom is -0.391 e. The topological polar surface area (TPSA) is 43.8 Å². The van der Waals surface area contributed by atoms with Gasteiger partial charge in [-0.3, -0.25) is 4.90 Å². The number of urea groups is 1. The lowest BCUT2D eigenvalue weighted by atomic mass is 10.3. The molecule has 2 amide bonds. The maximum atomic E-state index is 12.6. The average Bonchev–Trinajstić information content (AvgIpc) is 2.72. The van der Waals surface area contributed by atoms with Crippen molar-refractivity contribution < 1.29 is 9.90 Å². The van der Waals surface area contributed by atoms with Gasteiger partial charge in [-0.15, -0.1) is 11.8 Å². The number of nitrogens with zero attached hydrogens (tertiary/aromatic N) is 2. The molecule has 0 saturated carbocycles. The lowest BCUT2D eigenvalue weighted by Crippen LogP contribution is -2.50. The lowest BCUT2D eigenvalue weighted by Gasteiger charge is -2.40. The van der Waals surface area contributed by atoms with Crippen molar-refractivity contribution in [1.29, 1.82) is 0 Å². The Hall–Kier alpha value is -0.680. The van der Waals surface area contributed by atoms with E-state index in [4.69, 9.17) is 0 Å². The van der Waals surface area contributed by atoms with Gasteiger partial charge in [0.15, 0.2) is 0 Å². The molecule has 19 heavy (non-hydrogen) atoms. The number of aliphatic hydroxyl groups is 1. The third-order valence-electron chi connectivity index (χ3n) is 3.20. The number of amides is 2. The largest absolute Gasteiger partial charge is 0.391 e. The summed E-state index contributed by atoms with van der Waals surface area (Å²) in [6, 6.07) is -0.0438. The Morgan fingerprint density at radius 1 is 1.58 bits per heavy atom. The number of hydrogen-bond donors (Lipinski definition) is 1. The van der Waals surface area contributed by atoms with Crippen molar-refractivity contribution in [2.45, 2.75) is 51.5 Å². The van der Waals surface area contributed by atoms with Gasteiger partial charge in [-0.2, -0.15) is 0 Å². The number of carbonyl (C=O) groups excluding carboxylic acids is 1. The van der Waals surface area contributed by atoms with Crippen molar-refractivity contribution >= 4 is 17.8 Å². The monoisotopic (exact) mass is 286 g/mol. The molecule has 1 aliphatic heterocycles. The normalized spacial score (nSPS) is 19.6. The van der Waals surface area contributed by atoms with Crippen molar-refractivity contribution in [2.75, 3.05) is 18.8 Å². The number of carbonyl (C=O) groups is 1. The number of likely N-dealkylation sites (tertiary alicyclic amines) is 1. The number of β-amino-alcohol motifs (C(OH)–C–C–N with tert-alkyl or cyclic N) is 1. The Balaban J connectivity index is 2.82. The van der Waals surface area contributed by atoms with Crippen LogP contribution in [0.25, 0.3) is 0 Å². The summed E-state index contributed by atoms with van der Waals surface area (Å²) in [6.45, 7) is 13.1. The number of rotatable bonds is 5. The predicted octanol–water partition coefficient (Wildman–Crippen LogP) is 2.89. The molecule has 0 aromatic heterocycles. The minimum absolute atomic E-state index is 0.0438. The van der Waals surface area contributed by atoms with Gasteiger partial charge < -0.3 is 10.0 Å². The fourth-order valence-corrected chi connectivity index (χ4v) is 3.39. The van der Waals surface area contributed by atoms with Crippen molar-refractivity contribution in [3.63, 3.8) is 0 Å². The molecule has 0 aliphatic carbocycles. The molecule has 110 valence electrons. The third kappa shape index (κ3) is 4.14. The first-order valence-corrected chi connectivity index (χ1v) is 7.84. The van der Waals surface area contributed by atoms with E-state index in [1.807, 2.05) is 20.8 Å². The summed E-state index contributed by atoms with van der Waals surface area (Å²) in [6.07, 6.45) is 1.36. The summed E-state index contributed by atoms with van der Waals surface area (Å²) in [5, 5.41) is 9.57. The first-order valence-electron chi connectivity index (χ1n) is 6.86. The fraction of sp³-hybridized carbons (Fsp3) is 0.786. The Bertz CT molecular complexity index is 344. The van der Waals surface area contributed by atoms with Crippen molar-refractivity contribution in [1.82, 2.24) is 9.80 Å². The highest BCUT2D eigenvalue weighted by Crippen LogP contribution is 2.33. The number of hydrogen-bond acceptors (Lipinski definition) is 3. The van der Waals surface area contributed by atoms with Gasteiger partial charge >= 0.3 is 6.03 Å². The van der Waals surface area contributed by atoms with Crippen molar-refractivity contribution in [3.05, 3.63) is 12.3 Å². The maximum Gasteiger partial charge on any atom is 0.325 e. The van der Waals surface area contributed by atoms with Crippen LogP contribution in [0.3, 0.4) is 0 Å². The van der Waals surface area contributed by atoms with E-state index in [0.717, 1.165) is 17.9 Å². The Morgan fingerprint density at radius 3 is 2.63 bits per heavy atom. The van der Waals surface area contributed by atoms with Crippen LogP contribution in [0.2, 0.25) is 0 Å². The molecule has 0 aromatic carbocycles. The van der Waals surface area contributed by atoms with E-state index in [0.29, 0.717) is 19.5 Å². The van der Waals surface area contributed by atoms with Gasteiger partial charge in [0.25, 0.3) is 0 Å². The fourth-order valence-electron chi connectivity index (χ4n) is 2.33. The molecule has 1 aliphatic rings. The van der Waals surface area contributed by atoms with E-state index >= 15 is 0 Å². The highest BCUT2D eigenvalue weighted by Gasteiger charge is 2.36. The van der Waals surface area contributed by atoms with Gasteiger partial charge in [0.1, 0.15) is 0 Å². The first-order chi connectivity index (χ1) is 8.79. The summed E-state index contributed by atoms with van der Waals surface area (Å²) < 4.78 is 0. The van der Waals surface area contributed by atoms with E-state index in [-0.39, 0.29) is 17.0 Å². The average molecular weight is 286 g/mol. The molecular formula is C14H26N2O2S. The molecule has 5 heteroatoms. The minimum atomic E-state index is -0.387. The molecular weight excluding hydrogens is 260 g/mol. The predicted molar refractivity (Wildman–Crippen MR) is 81.1 cm³/mol. The molecule has 1 N–H and O–H groups in total. The van der Waals surface area contributed by atoms with E-state index in [1.165, 1.54) is 0 Å². The highest BCUT2D eigenvalue weighted by molar-refractivity contribution is 8.00. The maximum absolute atomic E-state index is 12.6. The van der Waals surface area contributed by atoms with E-state index in [9.17, 15) is 9.90 Å². The molecule has 0 radical (unpaired) electrons. The second kappa shape index (κ2) is 6.66. The second-order valence-corrected chi connectivity index (χ2v) is 7.23. The molecule has 1 rings (SSSR count). The number of thioether (sulfide) groups is 1. The Morgan fingerprint density at radius 2 is 2.21 bits per heavy atom. The molecule has 0 spiro atoms. The van der Waals surface area contributed by atoms with Gasteiger partial charge in [0.05, 0.1) is 11.0 Å². The Kier molecular flexibility index (Phi) is 5.74. The van der Waals surface area contributed by atoms with E-state index in [2.05, 4.69) is 13.5 Å². The smallest absolute Gasteiger partial charge is 0.325 e. The number of allylic oxidation sites excluding steroid dienone is 1. The SMILES string of the molecule is C=C(C)N(C(=O)N1CCC(O)C1)C(C)(C)SCCC. The third-order valence-corrected chi connectivity index (χ3v) is 4.71. The molecule has 0 aromatic rings. The van der Waals surface area contributed by atoms with Crippen LogP contribution < -0.4 is 0 Å². The lowest BCUT2D eigenvalue weighted by molar-refractivity contribution is 0.144. The molecule has 1 heterocycles. The zero-order valence-corrected chi connectivity index (χ0v) is 13.3. The second-order valence-electron chi connectivity index (χ2n) is 5.54. The van der Waals surface area contributed by atoms with Gasteiger partial charge in [-0.1, -0.05) is 13.5 Å². The van der Waals surface area contributed by atoms with Gasteiger partial charge in [0.2, 0.25) is 0 Å². The molecule has 0 bridgehead atoms. The first kappa shape index (κ1) is 16.4. The van der Waals surface area contributed by atoms with Crippen LogP contribution in [0.1, 0.15) is 40.5 Å². The zero-order chi connectivity index (χ0) is 14.6. The van der Waals surface area contributed by atoms with E-state index < -0.39 is 0 Å². The number of aliphatic hydroxyl groups excluding tert-OH is 1. The van der Waals surface area contributed by atoms with Crippen LogP contribution in [-0.4, -0.2) is 50.8 Å². The van der Waals surface area contributed by atoms with Gasteiger partial charge in [0, 0.05) is 18.8 Å². The summed E-state index contributed by atoms with van der Waals surface area (Å²) in [5.41, 5.74) is 0.750. The van der Waals surface area contributed by atoms with Gasteiger partial charge in [-0.05, 0) is 39.4 Å². The molecule has 1 saturated heterocycles. The van der Waals surface area contributed by atoms with Crippen LogP contribution >= 0.6 is 11.8 Å². The summed E-state index contributed by atoms with van der Waals surface area (Å²) >= 11 is 1.76. The Labute approximate surface area is 120 Å². The molecule has 1 fully saturated rings. The molecule has 4 nitrogen and oxygen atoms in total. The quantitative estimate of drug-likeness (QED) is 0.790. The summed E-state index contributed by atoms with van der Waals surface area (Å²) in [5.74, 6) is 1.01. The van der Waals surface area contributed by atoms with Crippen LogP contribution in [0, 0.1) is 0 Å². The highest BCUT2D eigenvalue weighted by atomic mass is 32.2. The summed E-state index contributed by atoms with van der Waals surface area (Å²) in [7, 11) is 0. The standard InChI is InChI=1S/C14H26N2O2S/c1-6-9-19-14(4,5)16(11(2)3)13(18)15-8-7-12(17)10-15/h12,17H,2,6-10H2,1,3-5H3. The van der Waals surface area contributed by atoms with E-state index in [1.54, 1.807) is 21.6 Å². The summed E-state index contributed by atoms with van der Waals surface area (Å²) in [4.78, 5) is 15.8. The van der Waals surface area contributed by atoms with Crippen molar-refractivity contribution in [3.8, 4) is 0 Å².